The van der Waals surface area contributed by atoms with Gasteiger partial charge in [-0.2, -0.15) is 0 Å². The fraction of sp³-hybridized carbons (Fsp3) is 0.333. The van der Waals surface area contributed by atoms with Gasteiger partial charge in [0.1, 0.15) is 6.54 Å². The summed E-state index contributed by atoms with van der Waals surface area (Å²) in [6, 6.07) is 3.95. The Morgan fingerprint density at radius 3 is 2.67 bits per heavy atom. The number of hydrogen-bond donors (Lipinski definition) is 1. The van der Waals surface area contributed by atoms with Crippen molar-refractivity contribution in [3.63, 3.8) is 0 Å². The molecule has 0 aliphatic rings. The van der Waals surface area contributed by atoms with Gasteiger partial charge in [0, 0.05) is 7.05 Å². The summed E-state index contributed by atoms with van der Waals surface area (Å²) in [6.07, 6.45) is 0. The number of likely N-dealkylation sites (N-methyl/N-ethyl adjacent to an activating group) is 1. The number of amides is 1. The highest BCUT2D eigenvalue weighted by Gasteiger charge is 2.20. The Morgan fingerprint density at radius 2 is 2.11 bits per heavy atom. The third kappa shape index (κ3) is 3.19. The Balaban J connectivity index is 3.04. The summed E-state index contributed by atoms with van der Waals surface area (Å²) >= 11 is 0. The van der Waals surface area contributed by atoms with E-state index in [0.717, 1.165) is 4.90 Å². The SMILES string of the molecule is CCOc1c(F)cccc1C(=O)N(C)CC(=O)O. The first kappa shape index (κ1) is 14.0. The fourth-order valence-corrected chi connectivity index (χ4v) is 1.45. The fourth-order valence-electron chi connectivity index (χ4n) is 1.45. The molecule has 98 valence electrons. The number of carboxylic acids is 1. The topological polar surface area (TPSA) is 66.8 Å². The van der Waals surface area contributed by atoms with Crippen LogP contribution in [-0.2, 0) is 4.79 Å². The summed E-state index contributed by atoms with van der Waals surface area (Å²) in [5, 5.41) is 8.61. The van der Waals surface area contributed by atoms with Gasteiger partial charge in [0.25, 0.3) is 5.91 Å². The normalized spacial score (nSPS) is 9.94. The third-order valence-corrected chi connectivity index (χ3v) is 2.21. The Bertz CT molecular complexity index is 461. The number of carbonyl (C=O) groups excluding carboxylic acids is 1. The van der Waals surface area contributed by atoms with Crippen molar-refractivity contribution >= 4 is 11.9 Å². The summed E-state index contributed by atoms with van der Waals surface area (Å²) < 4.78 is 18.6. The van der Waals surface area contributed by atoms with Crippen LogP contribution >= 0.6 is 0 Å². The van der Waals surface area contributed by atoms with E-state index in [9.17, 15) is 14.0 Å². The van der Waals surface area contributed by atoms with Crippen LogP contribution in [-0.4, -0.2) is 42.1 Å². The molecule has 0 bridgehead atoms. The predicted molar refractivity (Wildman–Crippen MR) is 62.2 cm³/mol. The highest BCUT2D eigenvalue weighted by Crippen LogP contribution is 2.23. The molecule has 18 heavy (non-hydrogen) atoms. The molecular weight excluding hydrogens is 241 g/mol. The molecule has 0 saturated carbocycles. The van der Waals surface area contributed by atoms with Gasteiger partial charge in [-0.1, -0.05) is 6.07 Å². The number of halogens is 1. The van der Waals surface area contributed by atoms with Crippen LogP contribution < -0.4 is 4.74 Å². The molecule has 6 heteroatoms. The first-order valence-corrected chi connectivity index (χ1v) is 5.36. The number of ether oxygens (including phenoxy) is 1. The van der Waals surface area contributed by atoms with Gasteiger partial charge in [0.2, 0.25) is 0 Å². The molecule has 0 aromatic heterocycles. The first-order chi connectivity index (χ1) is 8.47. The molecule has 0 atom stereocenters. The minimum absolute atomic E-state index is 0.0144. The van der Waals surface area contributed by atoms with Crippen LogP contribution in [0.25, 0.3) is 0 Å². The lowest BCUT2D eigenvalue weighted by Gasteiger charge is -2.17. The largest absolute Gasteiger partial charge is 0.490 e. The summed E-state index contributed by atoms with van der Waals surface area (Å²) in [4.78, 5) is 23.5. The molecule has 1 N–H and O–H groups in total. The van der Waals surface area contributed by atoms with Crippen molar-refractivity contribution in [2.45, 2.75) is 6.92 Å². The smallest absolute Gasteiger partial charge is 0.323 e. The number of carbonyl (C=O) groups is 2. The number of para-hydroxylation sites is 1. The van der Waals surface area contributed by atoms with E-state index in [1.54, 1.807) is 6.92 Å². The molecule has 1 rings (SSSR count). The number of carboxylic acid groups (broad SMARTS) is 1. The van der Waals surface area contributed by atoms with E-state index < -0.39 is 24.2 Å². The van der Waals surface area contributed by atoms with Gasteiger partial charge in [0.15, 0.2) is 11.6 Å². The van der Waals surface area contributed by atoms with E-state index in [4.69, 9.17) is 9.84 Å². The van der Waals surface area contributed by atoms with Crippen LogP contribution in [0, 0.1) is 5.82 Å². The van der Waals surface area contributed by atoms with Crippen LogP contribution in [0.15, 0.2) is 18.2 Å². The van der Waals surface area contributed by atoms with Gasteiger partial charge in [-0.25, -0.2) is 4.39 Å². The van der Waals surface area contributed by atoms with Crippen LogP contribution in [0.4, 0.5) is 4.39 Å². The van der Waals surface area contributed by atoms with Gasteiger partial charge < -0.3 is 14.7 Å². The molecule has 5 nitrogen and oxygen atoms in total. The second-order valence-corrected chi connectivity index (χ2v) is 3.60. The summed E-state index contributed by atoms with van der Waals surface area (Å²) in [7, 11) is 1.33. The summed E-state index contributed by atoms with van der Waals surface area (Å²) in [5.41, 5.74) is 0.0144. The Kier molecular flexibility index (Phi) is 4.65. The molecule has 0 radical (unpaired) electrons. The zero-order chi connectivity index (χ0) is 13.7. The lowest BCUT2D eigenvalue weighted by Crippen LogP contribution is -2.32. The molecule has 0 aliphatic heterocycles. The number of hydrogen-bond acceptors (Lipinski definition) is 3. The molecule has 0 unspecified atom stereocenters. The minimum Gasteiger partial charge on any atom is -0.490 e. The molecule has 1 aromatic rings. The van der Waals surface area contributed by atoms with E-state index in [-0.39, 0.29) is 17.9 Å². The molecule has 0 aliphatic carbocycles. The Hall–Kier alpha value is -2.11. The van der Waals surface area contributed by atoms with Gasteiger partial charge >= 0.3 is 5.97 Å². The number of rotatable bonds is 5. The molecule has 0 spiro atoms. The molecule has 0 fully saturated rings. The molecule has 1 amide bonds. The third-order valence-electron chi connectivity index (χ3n) is 2.21. The minimum atomic E-state index is -1.14. The zero-order valence-electron chi connectivity index (χ0n) is 10.1. The van der Waals surface area contributed by atoms with Gasteiger partial charge in [-0.15, -0.1) is 0 Å². The summed E-state index contributed by atoms with van der Waals surface area (Å²) in [6.45, 7) is 1.42. The highest BCUT2D eigenvalue weighted by atomic mass is 19.1. The van der Waals surface area contributed by atoms with Crippen LogP contribution in [0.2, 0.25) is 0 Å². The van der Waals surface area contributed by atoms with E-state index in [0.29, 0.717) is 0 Å². The number of benzene rings is 1. The van der Waals surface area contributed by atoms with E-state index in [1.807, 2.05) is 0 Å². The number of aliphatic carboxylic acids is 1. The van der Waals surface area contributed by atoms with E-state index in [1.165, 1.54) is 25.2 Å². The van der Waals surface area contributed by atoms with E-state index in [2.05, 4.69) is 0 Å². The Morgan fingerprint density at radius 1 is 1.44 bits per heavy atom. The van der Waals surface area contributed by atoms with Crippen molar-refractivity contribution < 1.29 is 23.8 Å². The second kappa shape index (κ2) is 6.00. The van der Waals surface area contributed by atoms with Crippen molar-refractivity contribution in [3.8, 4) is 5.75 Å². The Labute approximate surface area is 104 Å². The molecular formula is C12H14FNO4. The maximum absolute atomic E-state index is 13.5. The quantitative estimate of drug-likeness (QED) is 0.863. The lowest BCUT2D eigenvalue weighted by atomic mass is 10.1. The first-order valence-electron chi connectivity index (χ1n) is 5.36. The van der Waals surface area contributed by atoms with Gasteiger partial charge in [0.05, 0.1) is 12.2 Å². The van der Waals surface area contributed by atoms with Gasteiger partial charge in [-0.3, -0.25) is 9.59 Å². The predicted octanol–water partition coefficient (Wildman–Crippen LogP) is 1.38. The van der Waals surface area contributed by atoms with Crippen molar-refractivity contribution in [2.24, 2.45) is 0 Å². The maximum Gasteiger partial charge on any atom is 0.323 e. The lowest BCUT2D eigenvalue weighted by molar-refractivity contribution is -0.137. The average molecular weight is 255 g/mol. The molecule has 1 aromatic carbocycles. The molecule has 0 heterocycles. The molecule has 0 saturated heterocycles. The summed E-state index contributed by atoms with van der Waals surface area (Å²) in [5.74, 6) is -2.53. The monoisotopic (exact) mass is 255 g/mol. The standard InChI is InChI=1S/C12H14FNO4/c1-3-18-11-8(5-4-6-9(11)13)12(17)14(2)7-10(15)16/h4-6H,3,7H2,1-2H3,(H,15,16). The zero-order valence-corrected chi connectivity index (χ0v) is 10.1. The van der Waals surface area contributed by atoms with E-state index >= 15 is 0 Å². The van der Waals surface area contributed by atoms with Crippen LogP contribution in [0.5, 0.6) is 5.75 Å². The van der Waals surface area contributed by atoms with Crippen molar-refractivity contribution in [1.82, 2.24) is 4.90 Å². The van der Waals surface area contributed by atoms with Crippen molar-refractivity contribution in [3.05, 3.63) is 29.6 Å². The van der Waals surface area contributed by atoms with Gasteiger partial charge in [-0.05, 0) is 19.1 Å². The number of nitrogens with zero attached hydrogens (tertiary/aromatic N) is 1. The van der Waals surface area contributed by atoms with Crippen LogP contribution in [0.1, 0.15) is 17.3 Å². The average Bonchev–Trinajstić information content (AvgIpc) is 2.30. The van der Waals surface area contributed by atoms with Crippen molar-refractivity contribution in [1.29, 1.82) is 0 Å². The second-order valence-electron chi connectivity index (χ2n) is 3.60. The highest BCUT2D eigenvalue weighted by molar-refractivity contribution is 5.98. The van der Waals surface area contributed by atoms with Crippen LogP contribution in [0.3, 0.4) is 0 Å². The maximum atomic E-state index is 13.5. The van der Waals surface area contributed by atoms with Crippen molar-refractivity contribution in [2.75, 3.05) is 20.2 Å².